The van der Waals surface area contributed by atoms with Gasteiger partial charge in [0, 0.05) is 0 Å². The molecule has 0 unspecified atom stereocenters. The predicted octanol–water partition coefficient (Wildman–Crippen LogP) is 4.04. The Kier molecular flexibility index (Phi) is 6.72. The lowest BCUT2D eigenvalue weighted by Gasteiger charge is -2.14. The summed E-state index contributed by atoms with van der Waals surface area (Å²) < 4.78 is 24.2. The van der Waals surface area contributed by atoms with Gasteiger partial charge in [-0.25, -0.2) is 9.18 Å². The van der Waals surface area contributed by atoms with Gasteiger partial charge in [-0.2, -0.15) is 0 Å². The summed E-state index contributed by atoms with van der Waals surface area (Å²) in [7, 11) is 0. The number of anilines is 1. The fourth-order valence-electron chi connectivity index (χ4n) is 2.03. The van der Waals surface area contributed by atoms with E-state index in [1.54, 1.807) is 30.3 Å². The molecule has 5 nitrogen and oxygen atoms in total. The van der Waals surface area contributed by atoms with Crippen molar-refractivity contribution in [3.05, 3.63) is 59.9 Å². The molecule has 0 heterocycles. The number of amides is 1. The van der Waals surface area contributed by atoms with Crippen LogP contribution in [-0.4, -0.2) is 24.6 Å². The number of esters is 1. The second-order valence-corrected chi connectivity index (χ2v) is 6.25. The minimum Gasteiger partial charge on any atom is -0.493 e. The minimum absolute atomic E-state index is 0.0343. The highest BCUT2D eigenvalue weighted by molar-refractivity contribution is 5.97. The topological polar surface area (TPSA) is 64.6 Å². The third kappa shape index (κ3) is 5.58. The highest BCUT2D eigenvalue weighted by atomic mass is 19.1. The molecule has 0 aliphatic carbocycles. The summed E-state index contributed by atoms with van der Waals surface area (Å²) in [5.74, 6) is -0.762. The Morgan fingerprint density at radius 2 is 1.69 bits per heavy atom. The van der Waals surface area contributed by atoms with Gasteiger partial charge in [0.2, 0.25) is 0 Å². The number of nitrogens with one attached hydrogen (secondary N) is 1. The largest absolute Gasteiger partial charge is 0.493 e. The number of rotatable bonds is 7. The molecule has 0 spiro atoms. The van der Waals surface area contributed by atoms with Crippen molar-refractivity contribution in [3.8, 4) is 5.75 Å². The molecule has 1 N–H and O–H groups in total. The number of carbonyl (C=O) groups is 2. The molecule has 0 aromatic heterocycles. The Hall–Kier alpha value is -2.89. The fourth-order valence-corrected chi connectivity index (χ4v) is 2.03. The maximum atomic E-state index is 13.6. The number of hydrogen-bond acceptors (Lipinski definition) is 4. The first-order valence-electron chi connectivity index (χ1n) is 8.36. The zero-order valence-corrected chi connectivity index (χ0v) is 15.0. The van der Waals surface area contributed by atoms with E-state index in [2.05, 4.69) is 5.32 Å². The lowest BCUT2D eigenvalue weighted by molar-refractivity contribution is -0.123. The third-order valence-electron chi connectivity index (χ3n) is 3.46. The molecule has 0 saturated carbocycles. The van der Waals surface area contributed by atoms with Gasteiger partial charge in [0.25, 0.3) is 5.91 Å². The van der Waals surface area contributed by atoms with Crippen LogP contribution in [0.5, 0.6) is 5.75 Å². The van der Waals surface area contributed by atoms with E-state index in [1.165, 1.54) is 25.1 Å². The van der Waals surface area contributed by atoms with Crippen molar-refractivity contribution in [1.82, 2.24) is 0 Å². The summed E-state index contributed by atoms with van der Waals surface area (Å²) >= 11 is 0. The first-order chi connectivity index (χ1) is 12.4. The number of halogens is 1. The van der Waals surface area contributed by atoms with Crippen LogP contribution in [0.25, 0.3) is 0 Å². The molecule has 2 rings (SSSR count). The normalized spacial score (nSPS) is 11.7. The smallest absolute Gasteiger partial charge is 0.338 e. The molecule has 6 heteroatoms. The molecule has 0 aliphatic heterocycles. The van der Waals surface area contributed by atoms with Crippen molar-refractivity contribution in [1.29, 1.82) is 0 Å². The molecule has 1 atom stereocenters. The summed E-state index contributed by atoms with van der Waals surface area (Å²) in [4.78, 5) is 24.2. The van der Waals surface area contributed by atoms with E-state index >= 15 is 0 Å². The Morgan fingerprint density at radius 1 is 1.04 bits per heavy atom. The van der Waals surface area contributed by atoms with Crippen LogP contribution in [0.1, 0.15) is 31.1 Å². The van der Waals surface area contributed by atoms with Gasteiger partial charge in [-0.05, 0) is 49.2 Å². The maximum absolute atomic E-state index is 13.6. The van der Waals surface area contributed by atoms with Crippen molar-refractivity contribution >= 4 is 17.6 Å². The van der Waals surface area contributed by atoms with E-state index in [-0.39, 0.29) is 5.69 Å². The number of ether oxygens (including phenoxy) is 2. The van der Waals surface area contributed by atoms with Crippen molar-refractivity contribution in [2.75, 3.05) is 11.9 Å². The molecular weight excluding hydrogens is 337 g/mol. The van der Waals surface area contributed by atoms with Crippen LogP contribution in [0.4, 0.5) is 10.1 Å². The number of carbonyl (C=O) groups excluding carboxylic acids is 2. The van der Waals surface area contributed by atoms with Crippen LogP contribution in [0, 0.1) is 11.7 Å². The second kappa shape index (κ2) is 8.99. The summed E-state index contributed by atoms with van der Waals surface area (Å²) in [5, 5.41) is 2.39. The van der Waals surface area contributed by atoms with Crippen molar-refractivity contribution in [3.63, 3.8) is 0 Å². The molecule has 0 aliphatic rings. The molecule has 0 bridgehead atoms. The van der Waals surface area contributed by atoms with E-state index in [1.807, 2.05) is 13.8 Å². The Bertz CT molecular complexity index is 759. The summed E-state index contributed by atoms with van der Waals surface area (Å²) in [6, 6.07) is 12.2. The average molecular weight is 359 g/mol. The Morgan fingerprint density at radius 3 is 2.31 bits per heavy atom. The number of hydrogen-bond donors (Lipinski definition) is 1. The summed E-state index contributed by atoms with van der Waals surface area (Å²) in [6.45, 7) is 6.09. The monoisotopic (exact) mass is 359 g/mol. The van der Waals surface area contributed by atoms with Gasteiger partial charge in [0.1, 0.15) is 11.6 Å². The molecule has 0 fully saturated rings. The minimum atomic E-state index is -1.07. The van der Waals surface area contributed by atoms with Crippen molar-refractivity contribution < 1.29 is 23.5 Å². The van der Waals surface area contributed by atoms with E-state index < -0.39 is 23.8 Å². The quantitative estimate of drug-likeness (QED) is 0.758. The van der Waals surface area contributed by atoms with Crippen LogP contribution >= 0.6 is 0 Å². The van der Waals surface area contributed by atoms with Gasteiger partial charge in [0.15, 0.2) is 6.10 Å². The first-order valence-corrected chi connectivity index (χ1v) is 8.36. The highest BCUT2D eigenvalue weighted by Crippen LogP contribution is 2.16. The van der Waals surface area contributed by atoms with Crippen LogP contribution < -0.4 is 10.1 Å². The van der Waals surface area contributed by atoms with Crippen LogP contribution in [0.3, 0.4) is 0 Å². The highest BCUT2D eigenvalue weighted by Gasteiger charge is 2.20. The van der Waals surface area contributed by atoms with Gasteiger partial charge in [-0.15, -0.1) is 0 Å². The zero-order valence-electron chi connectivity index (χ0n) is 15.0. The second-order valence-electron chi connectivity index (χ2n) is 6.25. The average Bonchev–Trinajstić information content (AvgIpc) is 2.62. The zero-order chi connectivity index (χ0) is 19.1. The molecular formula is C20H22FNO4. The standard InChI is InChI=1S/C20H22FNO4/c1-13(2)12-25-16-10-8-15(9-11-16)20(24)26-14(3)19(23)22-18-7-5-4-6-17(18)21/h4-11,13-14H,12H2,1-3H3,(H,22,23)/t14-/m0/s1. The molecule has 0 radical (unpaired) electrons. The summed E-state index contributed by atoms with van der Waals surface area (Å²) in [5.41, 5.74) is 0.333. The number of para-hydroxylation sites is 1. The van der Waals surface area contributed by atoms with Gasteiger partial charge < -0.3 is 14.8 Å². The van der Waals surface area contributed by atoms with E-state index in [0.29, 0.717) is 23.8 Å². The predicted molar refractivity (Wildman–Crippen MR) is 96.7 cm³/mol. The molecule has 26 heavy (non-hydrogen) atoms. The van der Waals surface area contributed by atoms with Crippen LogP contribution in [0.15, 0.2) is 48.5 Å². The first kappa shape index (κ1) is 19.4. The Balaban J connectivity index is 1.91. The van der Waals surface area contributed by atoms with E-state index in [4.69, 9.17) is 9.47 Å². The lowest BCUT2D eigenvalue weighted by atomic mass is 10.2. The van der Waals surface area contributed by atoms with Gasteiger partial charge in [-0.1, -0.05) is 26.0 Å². The van der Waals surface area contributed by atoms with Crippen molar-refractivity contribution in [2.45, 2.75) is 26.9 Å². The van der Waals surface area contributed by atoms with Gasteiger partial charge in [0.05, 0.1) is 17.9 Å². The molecule has 138 valence electrons. The Labute approximate surface area is 152 Å². The molecule has 2 aromatic carbocycles. The summed E-state index contributed by atoms with van der Waals surface area (Å²) in [6.07, 6.45) is -1.07. The van der Waals surface area contributed by atoms with Crippen LogP contribution in [0.2, 0.25) is 0 Å². The van der Waals surface area contributed by atoms with Crippen LogP contribution in [-0.2, 0) is 9.53 Å². The van der Waals surface area contributed by atoms with Gasteiger partial charge in [-0.3, -0.25) is 4.79 Å². The third-order valence-corrected chi connectivity index (χ3v) is 3.46. The number of benzene rings is 2. The maximum Gasteiger partial charge on any atom is 0.338 e. The fraction of sp³-hybridized carbons (Fsp3) is 0.300. The molecule has 0 saturated heterocycles. The SMILES string of the molecule is CC(C)COc1ccc(C(=O)O[C@@H](C)C(=O)Nc2ccccc2F)cc1. The van der Waals surface area contributed by atoms with E-state index in [0.717, 1.165) is 0 Å². The van der Waals surface area contributed by atoms with Crippen molar-refractivity contribution in [2.24, 2.45) is 5.92 Å². The molecule has 2 aromatic rings. The molecule has 1 amide bonds. The lowest BCUT2D eigenvalue weighted by Crippen LogP contribution is -2.30. The van der Waals surface area contributed by atoms with E-state index in [9.17, 15) is 14.0 Å². The van der Waals surface area contributed by atoms with Gasteiger partial charge >= 0.3 is 5.97 Å².